The fraction of sp³-hybridized carbons (Fsp3) is 0.600. The lowest BCUT2D eigenvalue weighted by Gasteiger charge is -2.23. The Morgan fingerprint density at radius 3 is 2.25 bits per heavy atom. The predicted octanol–water partition coefficient (Wildman–Crippen LogP) is 3.11. The molecule has 0 saturated carbocycles. The zero-order chi connectivity index (χ0) is 15.2. The highest BCUT2D eigenvalue weighted by atomic mass is 32.2. The molecule has 0 amide bonds. The van der Waals surface area contributed by atoms with Crippen LogP contribution in [-0.2, 0) is 10.0 Å². The van der Waals surface area contributed by atoms with E-state index in [4.69, 9.17) is 4.74 Å². The summed E-state index contributed by atoms with van der Waals surface area (Å²) in [6.45, 7) is 6.01. The van der Waals surface area contributed by atoms with Gasteiger partial charge in [-0.05, 0) is 30.0 Å². The standard InChI is InChI=1S/C15H25NO3S/c1-5-6-11-20(17,18)16-15(12(2)3)13-7-9-14(19-4)10-8-13/h7-10,12,15-16H,5-6,11H2,1-4H3/t15-/m1/s1. The summed E-state index contributed by atoms with van der Waals surface area (Å²) in [4.78, 5) is 0. The molecule has 1 atom stereocenters. The van der Waals surface area contributed by atoms with E-state index in [1.54, 1.807) is 7.11 Å². The number of rotatable bonds is 8. The Hall–Kier alpha value is -1.07. The number of methoxy groups -OCH3 is 1. The SMILES string of the molecule is CCCCS(=O)(=O)N[C@@H](c1ccc(OC)cc1)C(C)C. The molecule has 20 heavy (non-hydrogen) atoms. The summed E-state index contributed by atoms with van der Waals surface area (Å²) in [7, 11) is -1.62. The maximum absolute atomic E-state index is 12.1. The van der Waals surface area contributed by atoms with Gasteiger partial charge in [-0.1, -0.05) is 39.3 Å². The van der Waals surface area contributed by atoms with Crippen molar-refractivity contribution >= 4 is 10.0 Å². The summed E-state index contributed by atoms with van der Waals surface area (Å²) in [5.41, 5.74) is 0.959. The highest BCUT2D eigenvalue weighted by Gasteiger charge is 2.22. The minimum Gasteiger partial charge on any atom is -0.497 e. The molecule has 0 aliphatic carbocycles. The Labute approximate surface area is 122 Å². The first-order valence-corrected chi connectivity index (χ1v) is 8.68. The number of nitrogens with one attached hydrogen (secondary N) is 1. The van der Waals surface area contributed by atoms with Crippen molar-refractivity contribution < 1.29 is 13.2 Å². The van der Waals surface area contributed by atoms with Crippen molar-refractivity contribution in [1.29, 1.82) is 0 Å². The zero-order valence-electron chi connectivity index (χ0n) is 12.7. The largest absolute Gasteiger partial charge is 0.497 e. The Morgan fingerprint density at radius 2 is 1.80 bits per heavy atom. The topological polar surface area (TPSA) is 55.4 Å². The van der Waals surface area contributed by atoms with Gasteiger partial charge < -0.3 is 4.74 Å². The Balaban J connectivity index is 2.88. The lowest BCUT2D eigenvalue weighted by Crippen LogP contribution is -2.33. The van der Waals surface area contributed by atoms with Crippen LogP contribution in [0.1, 0.15) is 45.2 Å². The first kappa shape index (κ1) is 17.0. The minimum atomic E-state index is -3.23. The molecule has 0 spiro atoms. The fourth-order valence-electron chi connectivity index (χ4n) is 1.99. The van der Waals surface area contributed by atoms with E-state index >= 15 is 0 Å². The number of sulfonamides is 1. The van der Waals surface area contributed by atoms with Gasteiger partial charge in [0.2, 0.25) is 10.0 Å². The van der Waals surface area contributed by atoms with Gasteiger partial charge in [0.1, 0.15) is 5.75 Å². The third kappa shape index (κ3) is 5.13. The third-order valence-corrected chi connectivity index (χ3v) is 4.65. The molecule has 0 heterocycles. The van der Waals surface area contributed by atoms with Crippen LogP contribution in [0.2, 0.25) is 0 Å². The Morgan fingerprint density at radius 1 is 1.20 bits per heavy atom. The van der Waals surface area contributed by atoms with Crippen LogP contribution in [0.15, 0.2) is 24.3 Å². The first-order chi connectivity index (χ1) is 9.39. The number of hydrogen-bond acceptors (Lipinski definition) is 3. The van der Waals surface area contributed by atoms with Gasteiger partial charge in [-0.3, -0.25) is 0 Å². The lowest BCUT2D eigenvalue weighted by molar-refractivity contribution is 0.413. The van der Waals surface area contributed by atoms with Crippen LogP contribution in [0.3, 0.4) is 0 Å². The van der Waals surface area contributed by atoms with Gasteiger partial charge >= 0.3 is 0 Å². The van der Waals surface area contributed by atoms with Gasteiger partial charge in [0, 0.05) is 6.04 Å². The maximum atomic E-state index is 12.1. The summed E-state index contributed by atoms with van der Waals surface area (Å²) in [6.07, 6.45) is 1.55. The van der Waals surface area contributed by atoms with Crippen molar-refractivity contribution in [3.05, 3.63) is 29.8 Å². The van der Waals surface area contributed by atoms with Crippen molar-refractivity contribution in [3.63, 3.8) is 0 Å². The molecule has 0 radical (unpaired) electrons. The van der Waals surface area contributed by atoms with Gasteiger partial charge in [-0.2, -0.15) is 0 Å². The average Bonchev–Trinajstić information content (AvgIpc) is 2.43. The number of hydrogen-bond donors (Lipinski definition) is 1. The van der Waals surface area contributed by atoms with Crippen molar-refractivity contribution in [1.82, 2.24) is 4.72 Å². The van der Waals surface area contributed by atoms with E-state index in [0.29, 0.717) is 6.42 Å². The van der Waals surface area contributed by atoms with E-state index in [1.807, 2.05) is 45.0 Å². The number of benzene rings is 1. The molecule has 1 aromatic rings. The van der Waals surface area contributed by atoms with Crippen LogP contribution < -0.4 is 9.46 Å². The molecule has 114 valence electrons. The third-order valence-electron chi connectivity index (χ3n) is 3.21. The smallest absolute Gasteiger partial charge is 0.212 e. The Bertz CT molecular complexity index is 494. The second kappa shape index (κ2) is 7.64. The molecule has 1 N–H and O–H groups in total. The minimum absolute atomic E-state index is 0.180. The number of unbranched alkanes of at least 4 members (excludes halogenated alkanes) is 1. The van der Waals surface area contributed by atoms with Crippen LogP contribution in [0.4, 0.5) is 0 Å². The zero-order valence-corrected chi connectivity index (χ0v) is 13.5. The van der Waals surface area contributed by atoms with Crippen molar-refractivity contribution in [2.24, 2.45) is 5.92 Å². The normalized spacial score (nSPS) is 13.4. The summed E-state index contributed by atoms with van der Waals surface area (Å²) in [6, 6.07) is 7.32. The summed E-state index contributed by atoms with van der Waals surface area (Å²) in [5.74, 6) is 1.13. The summed E-state index contributed by atoms with van der Waals surface area (Å²) < 4.78 is 32.1. The molecule has 0 fully saturated rings. The number of ether oxygens (including phenoxy) is 1. The highest BCUT2D eigenvalue weighted by molar-refractivity contribution is 7.89. The summed E-state index contributed by atoms with van der Waals surface area (Å²) in [5, 5.41) is 0. The molecule has 0 aliphatic rings. The van der Waals surface area contributed by atoms with Crippen molar-refractivity contribution in [2.45, 2.75) is 39.7 Å². The van der Waals surface area contributed by atoms with Crippen LogP contribution in [0.5, 0.6) is 5.75 Å². The molecular weight excluding hydrogens is 274 g/mol. The lowest BCUT2D eigenvalue weighted by atomic mass is 9.97. The first-order valence-electron chi connectivity index (χ1n) is 7.03. The molecule has 0 aliphatic heterocycles. The van der Waals surface area contributed by atoms with E-state index in [-0.39, 0.29) is 17.7 Å². The Kier molecular flexibility index (Phi) is 6.49. The van der Waals surface area contributed by atoms with Gasteiger partial charge in [0.05, 0.1) is 12.9 Å². The quantitative estimate of drug-likeness (QED) is 0.802. The average molecular weight is 299 g/mol. The molecule has 4 nitrogen and oxygen atoms in total. The van der Waals surface area contributed by atoms with E-state index < -0.39 is 10.0 Å². The van der Waals surface area contributed by atoms with Crippen LogP contribution >= 0.6 is 0 Å². The highest BCUT2D eigenvalue weighted by Crippen LogP contribution is 2.24. The predicted molar refractivity (Wildman–Crippen MR) is 82.4 cm³/mol. The fourth-order valence-corrected chi connectivity index (χ4v) is 3.57. The molecule has 0 saturated heterocycles. The van der Waals surface area contributed by atoms with Crippen LogP contribution in [0.25, 0.3) is 0 Å². The van der Waals surface area contributed by atoms with Gasteiger partial charge in [0.25, 0.3) is 0 Å². The molecule has 0 aromatic heterocycles. The van der Waals surface area contributed by atoms with E-state index in [2.05, 4.69) is 4.72 Å². The molecule has 1 aromatic carbocycles. The van der Waals surface area contributed by atoms with E-state index in [0.717, 1.165) is 17.7 Å². The monoisotopic (exact) mass is 299 g/mol. The van der Waals surface area contributed by atoms with E-state index in [9.17, 15) is 8.42 Å². The van der Waals surface area contributed by atoms with Crippen molar-refractivity contribution in [3.8, 4) is 5.75 Å². The van der Waals surface area contributed by atoms with Gasteiger partial charge in [0.15, 0.2) is 0 Å². The van der Waals surface area contributed by atoms with Crippen LogP contribution in [-0.4, -0.2) is 21.3 Å². The summed E-state index contributed by atoms with van der Waals surface area (Å²) >= 11 is 0. The van der Waals surface area contributed by atoms with Gasteiger partial charge in [-0.15, -0.1) is 0 Å². The molecule has 0 unspecified atom stereocenters. The molecular formula is C15H25NO3S. The molecule has 5 heteroatoms. The molecule has 0 bridgehead atoms. The maximum Gasteiger partial charge on any atom is 0.212 e. The van der Waals surface area contributed by atoms with Crippen LogP contribution in [0, 0.1) is 5.92 Å². The van der Waals surface area contributed by atoms with E-state index in [1.165, 1.54) is 0 Å². The molecule has 1 rings (SSSR count). The second-order valence-electron chi connectivity index (χ2n) is 5.29. The van der Waals surface area contributed by atoms with Gasteiger partial charge in [-0.25, -0.2) is 13.1 Å². The van der Waals surface area contributed by atoms with Crippen molar-refractivity contribution in [2.75, 3.05) is 12.9 Å². The second-order valence-corrected chi connectivity index (χ2v) is 7.16.